The molecule has 0 aliphatic heterocycles. The van der Waals surface area contributed by atoms with Gasteiger partial charge in [0.2, 0.25) is 0 Å². The van der Waals surface area contributed by atoms with E-state index in [0.29, 0.717) is 0 Å². The lowest BCUT2D eigenvalue weighted by molar-refractivity contribution is 0.625. The zero-order valence-corrected chi connectivity index (χ0v) is 7.93. The Labute approximate surface area is 68.0 Å². The van der Waals surface area contributed by atoms with Gasteiger partial charge in [-0.15, -0.1) is 0 Å². The fraction of sp³-hybridized carbons (Fsp3) is 0.625. The molecular formula is C8H17FN2. The average molecular weight is 160 g/mol. The predicted molar refractivity (Wildman–Crippen MR) is 45.9 cm³/mol. The van der Waals surface area contributed by atoms with Crippen molar-refractivity contribution in [3.63, 3.8) is 0 Å². The van der Waals surface area contributed by atoms with Crippen molar-refractivity contribution < 1.29 is 4.39 Å². The van der Waals surface area contributed by atoms with E-state index in [9.17, 15) is 4.39 Å². The van der Waals surface area contributed by atoms with Gasteiger partial charge in [-0.3, -0.25) is 4.68 Å². The maximum Gasteiger partial charge on any atom is 0.161 e. The van der Waals surface area contributed by atoms with Crippen LogP contribution in [0.15, 0.2) is 12.4 Å². The van der Waals surface area contributed by atoms with Crippen LogP contribution in [0.2, 0.25) is 0 Å². The molecular weight excluding hydrogens is 143 g/mol. The Morgan fingerprint density at radius 3 is 1.82 bits per heavy atom. The molecule has 0 bridgehead atoms. The van der Waals surface area contributed by atoms with Gasteiger partial charge in [-0.05, 0) is 0 Å². The van der Waals surface area contributed by atoms with Gasteiger partial charge >= 0.3 is 0 Å². The first-order chi connectivity index (χ1) is 5.29. The van der Waals surface area contributed by atoms with Crippen LogP contribution in [0.1, 0.15) is 27.7 Å². The zero-order chi connectivity index (χ0) is 9.28. The Morgan fingerprint density at radius 1 is 1.27 bits per heavy atom. The number of aryl methyl sites for hydroxylation is 1. The summed E-state index contributed by atoms with van der Waals surface area (Å²) >= 11 is 0. The second kappa shape index (κ2) is 9.14. The van der Waals surface area contributed by atoms with Crippen LogP contribution in [0.3, 0.4) is 0 Å². The third-order valence-electron chi connectivity index (χ3n) is 0.673. The van der Waals surface area contributed by atoms with Crippen molar-refractivity contribution in [2.45, 2.75) is 27.7 Å². The molecule has 0 radical (unpaired) electrons. The van der Waals surface area contributed by atoms with Gasteiger partial charge in [0.15, 0.2) is 5.82 Å². The van der Waals surface area contributed by atoms with Gasteiger partial charge in [0.05, 0.1) is 12.4 Å². The van der Waals surface area contributed by atoms with Crippen LogP contribution >= 0.6 is 0 Å². The Morgan fingerprint density at radius 2 is 1.73 bits per heavy atom. The predicted octanol–water partition coefficient (Wildman–Crippen LogP) is 2.61. The number of nitrogens with zero attached hydrogens (tertiary/aromatic N) is 2. The van der Waals surface area contributed by atoms with E-state index < -0.39 is 0 Å². The molecule has 0 fully saturated rings. The molecule has 1 heterocycles. The standard InChI is InChI=1S/C4H5FN2.2C2H6/c1-7-3-4(5)2-6-7;2*1-2/h2-3H,1H3;2*1-2H3. The van der Waals surface area contributed by atoms with Gasteiger partial charge in [-0.2, -0.15) is 5.10 Å². The van der Waals surface area contributed by atoms with Gasteiger partial charge in [0.1, 0.15) is 0 Å². The lowest BCUT2D eigenvalue weighted by Crippen LogP contribution is -1.83. The molecule has 2 nitrogen and oxygen atoms in total. The number of hydrogen-bond donors (Lipinski definition) is 0. The van der Waals surface area contributed by atoms with Gasteiger partial charge < -0.3 is 0 Å². The highest BCUT2D eigenvalue weighted by atomic mass is 19.1. The Bertz CT molecular complexity index is 144. The molecule has 3 heteroatoms. The third-order valence-corrected chi connectivity index (χ3v) is 0.673. The number of halogens is 1. The first kappa shape index (κ1) is 12.8. The Balaban J connectivity index is 0. The second-order valence-electron chi connectivity index (χ2n) is 1.33. The van der Waals surface area contributed by atoms with Crippen LogP contribution in [-0.2, 0) is 7.05 Å². The van der Waals surface area contributed by atoms with E-state index in [-0.39, 0.29) is 5.82 Å². The van der Waals surface area contributed by atoms with Crippen LogP contribution < -0.4 is 0 Å². The third kappa shape index (κ3) is 7.03. The normalized spacial score (nSPS) is 7.09. The summed E-state index contributed by atoms with van der Waals surface area (Å²) in [6.45, 7) is 8.00. The highest BCUT2D eigenvalue weighted by molar-refractivity contribution is 4.81. The van der Waals surface area contributed by atoms with Gasteiger partial charge in [0.25, 0.3) is 0 Å². The van der Waals surface area contributed by atoms with E-state index in [1.807, 2.05) is 27.7 Å². The molecule has 0 spiro atoms. The molecule has 1 aromatic heterocycles. The van der Waals surface area contributed by atoms with Gasteiger partial charge in [0, 0.05) is 7.05 Å². The number of aromatic nitrogens is 2. The van der Waals surface area contributed by atoms with Crippen LogP contribution in [0.25, 0.3) is 0 Å². The van der Waals surface area contributed by atoms with Crippen molar-refractivity contribution in [3.05, 3.63) is 18.2 Å². The molecule has 1 rings (SSSR count). The summed E-state index contributed by atoms with van der Waals surface area (Å²) in [6, 6.07) is 0. The van der Waals surface area contributed by atoms with Gasteiger partial charge in [-0.25, -0.2) is 4.39 Å². The molecule has 0 saturated heterocycles. The van der Waals surface area contributed by atoms with Crippen molar-refractivity contribution in [1.82, 2.24) is 9.78 Å². The molecule has 0 N–H and O–H groups in total. The molecule has 1 aromatic rings. The lowest BCUT2D eigenvalue weighted by atomic mass is 10.7. The van der Waals surface area contributed by atoms with E-state index in [1.54, 1.807) is 7.05 Å². The number of rotatable bonds is 0. The average Bonchev–Trinajstić information content (AvgIpc) is 2.43. The first-order valence-electron chi connectivity index (χ1n) is 3.93. The topological polar surface area (TPSA) is 17.8 Å². The monoisotopic (exact) mass is 160 g/mol. The summed E-state index contributed by atoms with van der Waals surface area (Å²) in [6.07, 6.45) is 2.47. The molecule has 66 valence electrons. The highest BCUT2D eigenvalue weighted by Crippen LogP contribution is 1.88. The lowest BCUT2D eigenvalue weighted by Gasteiger charge is -1.77. The summed E-state index contributed by atoms with van der Waals surface area (Å²) in [5, 5.41) is 3.56. The number of hydrogen-bond acceptors (Lipinski definition) is 1. The summed E-state index contributed by atoms with van der Waals surface area (Å²) in [4.78, 5) is 0. The summed E-state index contributed by atoms with van der Waals surface area (Å²) in [7, 11) is 1.67. The van der Waals surface area contributed by atoms with E-state index >= 15 is 0 Å². The fourth-order valence-corrected chi connectivity index (χ4v) is 0.391. The first-order valence-corrected chi connectivity index (χ1v) is 3.93. The summed E-state index contributed by atoms with van der Waals surface area (Å²) in [5.41, 5.74) is 0. The smallest absolute Gasteiger partial charge is 0.161 e. The zero-order valence-electron chi connectivity index (χ0n) is 7.93. The molecule has 11 heavy (non-hydrogen) atoms. The highest BCUT2D eigenvalue weighted by Gasteiger charge is 1.86. The molecule has 0 saturated carbocycles. The van der Waals surface area contributed by atoms with Crippen molar-refractivity contribution in [2.24, 2.45) is 7.05 Å². The molecule has 0 aliphatic rings. The summed E-state index contributed by atoms with van der Waals surface area (Å²) in [5.74, 6) is -0.289. The molecule has 0 aliphatic carbocycles. The molecule has 0 aromatic carbocycles. The van der Waals surface area contributed by atoms with Crippen LogP contribution in [0, 0.1) is 5.82 Å². The van der Waals surface area contributed by atoms with Crippen molar-refractivity contribution in [2.75, 3.05) is 0 Å². The van der Waals surface area contributed by atoms with Crippen LogP contribution in [0.4, 0.5) is 4.39 Å². The van der Waals surface area contributed by atoms with E-state index in [1.165, 1.54) is 17.1 Å². The SMILES string of the molecule is CC.CC.Cn1cc(F)cn1. The molecule has 0 unspecified atom stereocenters. The van der Waals surface area contributed by atoms with Gasteiger partial charge in [-0.1, -0.05) is 27.7 Å². The summed E-state index contributed by atoms with van der Waals surface area (Å²) < 4.78 is 13.3. The van der Waals surface area contributed by atoms with Crippen LogP contribution in [-0.4, -0.2) is 9.78 Å². The maximum atomic E-state index is 11.8. The fourth-order valence-electron chi connectivity index (χ4n) is 0.391. The minimum Gasteiger partial charge on any atom is -0.273 e. The Kier molecular flexibility index (Phi) is 10.6. The maximum absolute atomic E-state index is 11.8. The van der Waals surface area contributed by atoms with Crippen molar-refractivity contribution in [1.29, 1.82) is 0 Å². The van der Waals surface area contributed by atoms with Crippen molar-refractivity contribution >= 4 is 0 Å². The Hall–Kier alpha value is -0.860. The minimum absolute atomic E-state index is 0.289. The van der Waals surface area contributed by atoms with E-state index in [2.05, 4.69) is 5.10 Å². The van der Waals surface area contributed by atoms with E-state index in [4.69, 9.17) is 0 Å². The van der Waals surface area contributed by atoms with Crippen molar-refractivity contribution in [3.8, 4) is 0 Å². The quantitative estimate of drug-likeness (QED) is 0.570. The molecule has 0 amide bonds. The minimum atomic E-state index is -0.289. The largest absolute Gasteiger partial charge is 0.273 e. The van der Waals surface area contributed by atoms with Crippen LogP contribution in [0.5, 0.6) is 0 Å². The molecule has 0 atom stereocenters. The second-order valence-corrected chi connectivity index (χ2v) is 1.33. The van der Waals surface area contributed by atoms with E-state index in [0.717, 1.165) is 0 Å².